The molecule has 3 heterocycles. The first-order chi connectivity index (χ1) is 8.74. The maximum Gasteiger partial charge on any atom is 0.274 e. The number of hydrogen-bond acceptors (Lipinski definition) is 5. The normalized spacial score (nSPS) is 27.1. The molecule has 2 fully saturated rings. The van der Waals surface area contributed by atoms with Gasteiger partial charge in [-0.2, -0.15) is 0 Å². The molecule has 2 aliphatic rings. The second-order valence-corrected chi connectivity index (χ2v) is 4.94. The van der Waals surface area contributed by atoms with Gasteiger partial charge in [0.25, 0.3) is 5.69 Å². The topological polar surface area (TPSA) is 71.3 Å². The van der Waals surface area contributed by atoms with E-state index in [1.165, 1.54) is 37.7 Å². The minimum Gasteiger partial charge on any atom is -0.366 e. The highest BCUT2D eigenvalue weighted by Gasteiger charge is 2.37. The molecule has 18 heavy (non-hydrogen) atoms. The van der Waals surface area contributed by atoms with Gasteiger partial charge in [-0.15, -0.1) is 0 Å². The fourth-order valence-electron chi connectivity index (χ4n) is 3.05. The highest BCUT2D eigenvalue weighted by molar-refractivity contribution is 5.45. The Bertz CT molecular complexity index is 465. The smallest absolute Gasteiger partial charge is 0.274 e. The molecule has 0 bridgehead atoms. The van der Waals surface area contributed by atoms with Gasteiger partial charge < -0.3 is 5.32 Å². The summed E-state index contributed by atoms with van der Waals surface area (Å²) in [6, 6.07) is 3.88. The van der Waals surface area contributed by atoms with E-state index < -0.39 is 0 Å². The highest BCUT2D eigenvalue weighted by Crippen LogP contribution is 2.30. The zero-order valence-electron chi connectivity index (χ0n) is 10.1. The molecule has 0 amide bonds. The number of nitro groups is 1. The van der Waals surface area contributed by atoms with Gasteiger partial charge in [-0.05, 0) is 25.8 Å². The highest BCUT2D eigenvalue weighted by atomic mass is 16.6. The number of pyridine rings is 1. The van der Waals surface area contributed by atoms with Gasteiger partial charge in [0.1, 0.15) is 5.82 Å². The maximum atomic E-state index is 10.7. The van der Waals surface area contributed by atoms with E-state index in [2.05, 4.69) is 15.2 Å². The van der Waals surface area contributed by atoms with Crippen molar-refractivity contribution >= 4 is 11.5 Å². The molecule has 6 heteroatoms. The largest absolute Gasteiger partial charge is 0.366 e. The van der Waals surface area contributed by atoms with Gasteiger partial charge >= 0.3 is 0 Å². The van der Waals surface area contributed by atoms with Crippen LogP contribution in [-0.4, -0.2) is 40.0 Å². The van der Waals surface area contributed by atoms with Crippen LogP contribution in [0.15, 0.2) is 18.3 Å². The summed E-state index contributed by atoms with van der Waals surface area (Å²) in [5, 5.41) is 14.1. The third kappa shape index (κ3) is 2.03. The van der Waals surface area contributed by atoms with Gasteiger partial charge in [0.2, 0.25) is 0 Å². The third-order valence-electron chi connectivity index (χ3n) is 3.89. The molecule has 96 valence electrons. The predicted molar refractivity (Wildman–Crippen MR) is 67.5 cm³/mol. The summed E-state index contributed by atoms with van der Waals surface area (Å²) in [5.74, 6) is 0.614. The molecule has 1 aromatic heterocycles. The molecule has 2 unspecified atom stereocenters. The van der Waals surface area contributed by atoms with Crippen LogP contribution in [0, 0.1) is 10.1 Å². The quantitative estimate of drug-likeness (QED) is 0.650. The van der Waals surface area contributed by atoms with Crippen molar-refractivity contribution in [3.63, 3.8) is 0 Å². The van der Waals surface area contributed by atoms with Gasteiger partial charge in [-0.1, -0.05) is 0 Å². The Morgan fingerprint density at radius 2 is 2.33 bits per heavy atom. The van der Waals surface area contributed by atoms with Crippen LogP contribution >= 0.6 is 0 Å². The average Bonchev–Trinajstić information content (AvgIpc) is 2.94. The standard InChI is InChI=1S/C12H16N4O2/c17-16(18)9-3-5-13-12(8-9)14-10-4-7-15-6-1-2-11(10)15/h3,5,8,10-11H,1-2,4,6-7H2,(H,13,14). The van der Waals surface area contributed by atoms with E-state index in [4.69, 9.17) is 0 Å². The monoisotopic (exact) mass is 248 g/mol. The molecule has 1 aromatic rings. The molecule has 6 nitrogen and oxygen atoms in total. The van der Waals surface area contributed by atoms with Crippen molar-refractivity contribution in [3.05, 3.63) is 28.4 Å². The molecule has 0 spiro atoms. The van der Waals surface area contributed by atoms with E-state index in [1.54, 1.807) is 0 Å². The molecule has 0 radical (unpaired) electrons. The minimum absolute atomic E-state index is 0.0915. The first-order valence-corrected chi connectivity index (χ1v) is 6.35. The number of anilines is 1. The van der Waals surface area contributed by atoms with E-state index in [0.29, 0.717) is 17.9 Å². The first-order valence-electron chi connectivity index (χ1n) is 6.35. The van der Waals surface area contributed by atoms with E-state index in [1.807, 2.05) is 0 Å². The lowest BCUT2D eigenvalue weighted by molar-refractivity contribution is -0.384. The molecular formula is C12H16N4O2. The summed E-state index contributed by atoms with van der Waals surface area (Å²) in [6.07, 6.45) is 5.05. The Morgan fingerprint density at radius 3 is 3.17 bits per heavy atom. The maximum absolute atomic E-state index is 10.7. The summed E-state index contributed by atoms with van der Waals surface area (Å²) in [4.78, 5) is 17.0. The molecule has 2 saturated heterocycles. The van der Waals surface area contributed by atoms with Crippen LogP contribution in [0.2, 0.25) is 0 Å². The van der Waals surface area contributed by atoms with Crippen LogP contribution in [0.4, 0.5) is 11.5 Å². The van der Waals surface area contributed by atoms with Crippen molar-refractivity contribution in [2.45, 2.75) is 31.3 Å². The van der Waals surface area contributed by atoms with Crippen LogP contribution in [-0.2, 0) is 0 Å². The number of nitrogens with zero attached hydrogens (tertiary/aromatic N) is 3. The van der Waals surface area contributed by atoms with Crippen LogP contribution in [0.25, 0.3) is 0 Å². The van der Waals surface area contributed by atoms with Crippen LogP contribution in [0.5, 0.6) is 0 Å². The van der Waals surface area contributed by atoms with Crippen LogP contribution < -0.4 is 5.32 Å². The van der Waals surface area contributed by atoms with Gasteiger partial charge in [-0.3, -0.25) is 15.0 Å². The van der Waals surface area contributed by atoms with Gasteiger partial charge in [0, 0.05) is 30.9 Å². The molecule has 3 rings (SSSR count). The van der Waals surface area contributed by atoms with Gasteiger partial charge in [-0.25, -0.2) is 4.98 Å². The van der Waals surface area contributed by atoms with Crippen LogP contribution in [0.1, 0.15) is 19.3 Å². The number of aromatic nitrogens is 1. The molecule has 2 aliphatic heterocycles. The molecule has 0 aromatic carbocycles. The fourth-order valence-corrected chi connectivity index (χ4v) is 3.05. The third-order valence-corrected chi connectivity index (χ3v) is 3.89. The Labute approximate surface area is 105 Å². The van der Waals surface area contributed by atoms with Crippen molar-refractivity contribution in [1.82, 2.24) is 9.88 Å². The number of hydrogen-bond donors (Lipinski definition) is 1. The second kappa shape index (κ2) is 4.53. The number of nitrogens with one attached hydrogen (secondary N) is 1. The fraction of sp³-hybridized carbons (Fsp3) is 0.583. The second-order valence-electron chi connectivity index (χ2n) is 4.94. The zero-order chi connectivity index (χ0) is 12.5. The summed E-state index contributed by atoms with van der Waals surface area (Å²) in [5.41, 5.74) is 0.0915. The van der Waals surface area contributed by atoms with Crippen molar-refractivity contribution in [3.8, 4) is 0 Å². The molecule has 1 N–H and O–H groups in total. The molecule has 0 aliphatic carbocycles. The van der Waals surface area contributed by atoms with E-state index in [0.717, 1.165) is 13.0 Å². The van der Waals surface area contributed by atoms with Crippen molar-refractivity contribution in [2.75, 3.05) is 18.4 Å². The SMILES string of the molecule is O=[N+]([O-])c1ccnc(NC2CCN3CCCC23)c1. The summed E-state index contributed by atoms with van der Waals surface area (Å²) < 4.78 is 0. The van der Waals surface area contributed by atoms with Gasteiger partial charge in [0.15, 0.2) is 0 Å². The minimum atomic E-state index is -0.386. The number of rotatable bonds is 3. The predicted octanol–water partition coefficient (Wildman–Crippen LogP) is 1.64. The van der Waals surface area contributed by atoms with Gasteiger partial charge in [0.05, 0.1) is 11.0 Å². The van der Waals surface area contributed by atoms with E-state index in [-0.39, 0.29) is 10.6 Å². The summed E-state index contributed by atoms with van der Waals surface area (Å²) in [6.45, 7) is 2.31. The summed E-state index contributed by atoms with van der Waals surface area (Å²) in [7, 11) is 0. The lowest BCUT2D eigenvalue weighted by Crippen LogP contribution is -2.33. The zero-order valence-corrected chi connectivity index (χ0v) is 10.1. The van der Waals surface area contributed by atoms with Crippen molar-refractivity contribution in [2.24, 2.45) is 0 Å². The van der Waals surface area contributed by atoms with Crippen molar-refractivity contribution in [1.29, 1.82) is 0 Å². The number of fused-ring (bicyclic) bond motifs is 1. The lowest BCUT2D eigenvalue weighted by Gasteiger charge is -2.21. The average molecular weight is 248 g/mol. The molecule has 2 atom stereocenters. The Hall–Kier alpha value is -1.69. The Balaban J connectivity index is 1.72. The van der Waals surface area contributed by atoms with E-state index in [9.17, 15) is 10.1 Å². The Kier molecular flexibility index (Phi) is 2.87. The first kappa shape index (κ1) is 11.4. The molecular weight excluding hydrogens is 232 g/mol. The Morgan fingerprint density at radius 1 is 1.44 bits per heavy atom. The van der Waals surface area contributed by atoms with E-state index >= 15 is 0 Å². The lowest BCUT2D eigenvalue weighted by atomic mass is 10.1. The molecule has 0 saturated carbocycles. The van der Waals surface area contributed by atoms with Crippen molar-refractivity contribution < 1.29 is 4.92 Å². The summed E-state index contributed by atoms with van der Waals surface area (Å²) >= 11 is 0. The van der Waals surface area contributed by atoms with Crippen LogP contribution in [0.3, 0.4) is 0 Å².